The van der Waals surface area contributed by atoms with Crippen molar-refractivity contribution in [2.45, 2.75) is 89.9 Å². The Kier molecular flexibility index (Phi) is 8.20. The van der Waals surface area contributed by atoms with E-state index in [4.69, 9.17) is 9.47 Å². The standard InChI is InChI=1S/C32H38O4/c33-29(21-19-23-11-3-1-4-12-23)35-31-25-15-7-9-17-27(25)32(28-18-10-8-16-26(28)31)36-30(34)22-20-24-13-5-2-6-14-24/h7-10,15-18,23-24H,1-6,11-14,19-22H2. The normalized spacial score (nSPS) is 17.3. The van der Waals surface area contributed by atoms with E-state index in [-0.39, 0.29) is 11.9 Å². The van der Waals surface area contributed by atoms with Crippen molar-refractivity contribution in [1.29, 1.82) is 0 Å². The number of hydrogen-bond donors (Lipinski definition) is 0. The molecule has 0 aliphatic heterocycles. The monoisotopic (exact) mass is 486 g/mol. The fourth-order valence-corrected chi connectivity index (χ4v) is 6.19. The van der Waals surface area contributed by atoms with Gasteiger partial charge in [-0.15, -0.1) is 0 Å². The highest BCUT2D eigenvalue weighted by Crippen LogP contribution is 2.43. The minimum atomic E-state index is -0.187. The maximum atomic E-state index is 12.9. The number of carbonyl (C=O) groups excluding carboxylic acids is 2. The Morgan fingerprint density at radius 3 is 1.22 bits per heavy atom. The Hall–Kier alpha value is -2.88. The molecule has 3 aromatic carbocycles. The van der Waals surface area contributed by atoms with Crippen molar-refractivity contribution in [3.05, 3.63) is 48.5 Å². The van der Waals surface area contributed by atoms with Gasteiger partial charge in [0.2, 0.25) is 0 Å². The average molecular weight is 487 g/mol. The van der Waals surface area contributed by atoms with Crippen molar-refractivity contribution in [3.8, 4) is 11.5 Å². The molecule has 2 saturated carbocycles. The van der Waals surface area contributed by atoms with E-state index >= 15 is 0 Å². The van der Waals surface area contributed by atoms with Crippen LogP contribution in [0.15, 0.2) is 48.5 Å². The van der Waals surface area contributed by atoms with Crippen LogP contribution in [0.3, 0.4) is 0 Å². The zero-order valence-electron chi connectivity index (χ0n) is 21.3. The van der Waals surface area contributed by atoms with Crippen molar-refractivity contribution in [3.63, 3.8) is 0 Å². The van der Waals surface area contributed by atoms with E-state index in [9.17, 15) is 9.59 Å². The maximum absolute atomic E-state index is 12.9. The first-order valence-electron chi connectivity index (χ1n) is 14.0. The van der Waals surface area contributed by atoms with E-state index in [1.165, 1.54) is 64.2 Å². The number of fused-ring (bicyclic) bond motifs is 2. The first kappa shape index (κ1) is 24.8. The Bertz CT molecular complexity index is 1050. The highest BCUT2D eigenvalue weighted by Gasteiger charge is 2.22. The van der Waals surface area contributed by atoms with Crippen LogP contribution in [0.5, 0.6) is 11.5 Å². The van der Waals surface area contributed by atoms with Gasteiger partial charge >= 0.3 is 11.9 Å². The average Bonchev–Trinajstić information content (AvgIpc) is 2.93. The molecule has 0 amide bonds. The number of carbonyl (C=O) groups is 2. The molecule has 4 nitrogen and oxygen atoms in total. The van der Waals surface area contributed by atoms with Gasteiger partial charge in [0.05, 0.1) is 0 Å². The van der Waals surface area contributed by atoms with Crippen LogP contribution >= 0.6 is 0 Å². The fraction of sp³-hybridized carbons (Fsp3) is 0.500. The number of benzene rings is 3. The number of rotatable bonds is 8. The molecule has 190 valence electrons. The molecule has 0 heterocycles. The maximum Gasteiger partial charge on any atom is 0.311 e. The lowest BCUT2D eigenvalue weighted by atomic mass is 9.86. The lowest BCUT2D eigenvalue weighted by Crippen LogP contribution is -2.14. The van der Waals surface area contributed by atoms with Crippen LogP contribution in [0.2, 0.25) is 0 Å². The zero-order valence-corrected chi connectivity index (χ0v) is 21.3. The molecule has 36 heavy (non-hydrogen) atoms. The van der Waals surface area contributed by atoms with Crippen molar-refractivity contribution in [2.75, 3.05) is 0 Å². The molecule has 4 heteroatoms. The van der Waals surface area contributed by atoms with Crippen LogP contribution in [0.4, 0.5) is 0 Å². The summed E-state index contributed by atoms with van der Waals surface area (Å²) in [5.41, 5.74) is 0. The lowest BCUT2D eigenvalue weighted by molar-refractivity contribution is -0.135. The second-order valence-corrected chi connectivity index (χ2v) is 10.8. The summed E-state index contributed by atoms with van der Waals surface area (Å²) in [5.74, 6) is 2.03. The van der Waals surface area contributed by atoms with Gasteiger partial charge in [-0.25, -0.2) is 0 Å². The zero-order chi connectivity index (χ0) is 24.7. The smallest absolute Gasteiger partial charge is 0.311 e. The van der Waals surface area contributed by atoms with Crippen LogP contribution < -0.4 is 9.47 Å². The van der Waals surface area contributed by atoms with Crippen molar-refractivity contribution < 1.29 is 19.1 Å². The number of esters is 2. The second-order valence-electron chi connectivity index (χ2n) is 10.8. The molecule has 0 N–H and O–H groups in total. The summed E-state index contributed by atoms with van der Waals surface area (Å²) >= 11 is 0. The SMILES string of the molecule is O=C(CCC1CCCCC1)Oc1c2ccccc2c(OC(=O)CCC2CCCCC2)c2ccccc12. The van der Waals surface area contributed by atoms with Crippen molar-refractivity contribution in [2.24, 2.45) is 11.8 Å². The molecular weight excluding hydrogens is 448 g/mol. The summed E-state index contributed by atoms with van der Waals surface area (Å²) < 4.78 is 12.1. The van der Waals surface area contributed by atoms with Gasteiger partial charge in [-0.05, 0) is 24.7 Å². The number of hydrogen-bond acceptors (Lipinski definition) is 4. The highest BCUT2D eigenvalue weighted by molar-refractivity contribution is 6.12. The Labute approximate surface area is 214 Å². The van der Waals surface area contributed by atoms with Crippen LogP contribution in [-0.4, -0.2) is 11.9 Å². The van der Waals surface area contributed by atoms with Gasteiger partial charge in [0.15, 0.2) is 0 Å². The molecule has 0 spiro atoms. The first-order valence-corrected chi connectivity index (χ1v) is 14.0. The summed E-state index contributed by atoms with van der Waals surface area (Å²) in [6.45, 7) is 0. The van der Waals surface area contributed by atoms with E-state index in [0.717, 1.165) is 34.4 Å². The van der Waals surface area contributed by atoms with Crippen LogP contribution in [-0.2, 0) is 9.59 Å². The second kappa shape index (κ2) is 11.9. The molecule has 0 aromatic heterocycles. The molecule has 0 bridgehead atoms. The molecule has 0 unspecified atom stereocenters. The lowest BCUT2D eigenvalue weighted by Gasteiger charge is -2.21. The first-order chi connectivity index (χ1) is 17.7. The summed E-state index contributed by atoms with van der Waals surface area (Å²) in [6.07, 6.45) is 15.3. The van der Waals surface area contributed by atoms with E-state index in [2.05, 4.69) is 0 Å². The Balaban J connectivity index is 1.38. The molecule has 5 rings (SSSR count). The van der Waals surface area contributed by atoms with E-state index in [1.54, 1.807) is 0 Å². The molecule has 0 saturated heterocycles. The fourth-order valence-electron chi connectivity index (χ4n) is 6.19. The Morgan fingerprint density at radius 2 is 0.889 bits per heavy atom. The quantitative estimate of drug-likeness (QED) is 0.182. The largest absolute Gasteiger partial charge is 0.425 e. The van der Waals surface area contributed by atoms with Gasteiger partial charge in [-0.1, -0.05) is 113 Å². The number of ether oxygens (including phenoxy) is 2. The van der Waals surface area contributed by atoms with Crippen LogP contribution in [0, 0.1) is 11.8 Å². The molecular formula is C32H38O4. The van der Waals surface area contributed by atoms with Gasteiger partial charge in [-0.3, -0.25) is 9.59 Å². The molecule has 2 aliphatic carbocycles. The molecule has 3 aromatic rings. The van der Waals surface area contributed by atoms with Crippen molar-refractivity contribution in [1.82, 2.24) is 0 Å². The van der Waals surface area contributed by atoms with Crippen molar-refractivity contribution >= 4 is 33.5 Å². The van der Waals surface area contributed by atoms with Gasteiger partial charge < -0.3 is 9.47 Å². The van der Waals surface area contributed by atoms with E-state index in [0.29, 0.717) is 36.2 Å². The topological polar surface area (TPSA) is 52.6 Å². The Morgan fingerprint density at radius 1 is 0.556 bits per heavy atom. The predicted molar refractivity (Wildman–Crippen MR) is 144 cm³/mol. The third kappa shape index (κ3) is 5.91. The molecule has 0 atom stereocenters. The third-order valence-electron chi connectivity index (χ3n) is 8.23. The molecule has 2 fully saturated rings. The van der Waals surface area contributed by atoms with Gasteiger partial charge in [-0.2, -0.15) is 0 Å². The van der Waals surface area contributed by atoms with Crippen LogP contribution in [0.1, 0.15) is 89.9 Å². The van der Waals surface area contributed by atoms with Crippen LogP contribution in [0.25, 0.3) is 21.5 Å². The summed E-state index contributed by atoms with van der Waals surface area (Å²) in [6, 6.07) is 15.5. The molecule has 2 aliphatic rings. The summed E-state index contributed by atoms with van der Waals surface area (Å²) in [7, 11) is 0. The van der Waals surface area contributed by atoms with E-state index < -0.39 is 0 Å². The predicted octanol–water partition coefficient (Wildman–Crippen LogP) is 8.52. The summed E-state index contributed by atoms with van der Waals surface area (Å²) in [5, 5.41) is 3.21. The minimum Gasteiger partial charge on any atom is -0.425 e. The minimum absolute atomic E-state index is 0.187. The van der Waals surface area contributed by atoms with Gasteiger partial charge in [0.1, 0.15) is 11.5 Å². The summed E-state index contributed by atoms with van der Waals surface area (Å²) in [4.78, 5) is 25.9. The molecule has 0 radical (unpaired) electrons. The highest BCUT2D eigenvalue weighted by atomic mass is 16.5. The van der Waals surface area contributed by atoms with Gasteiger partial charge in [0, 0.05) is 34.4 Å². The van der Waals surface area contributed by atoms with Gasteiger partial charge in [0.25, 0.3) is 0 Å². The van der Waals surface area contributed by atoms with E-state index in [1.807, 2.05) is 48.5 Å². The third-order valence-corrected chi connectivity index (χ3v) is 8.23.